The summed E-state index contributed by atoms with van der Waals surface area (Å²) in [5.74, 6) is 0.866. The van der Waals surface area contributed by atoms with Crippen LogP contribution in [0, 0.1) is 0 Å². The van der Waals surface area contributed by atoms with Crippen LogP contribution in [0.4, 0.5) is 5.69 Å². The van der Waals surface area contributed by atoms with Crippen molar-refractivity contribution in [3.8, 4) is 17.0 Å². The summed E-state index contributed by atoms with van der Waals surface area (Å²) in [5.41, 5.74) is 9.50. The minimum Gasteiger partial charge on any atom is -0.494 e. The van der Waals surface area contributed by atoms with Gasteiger partial charge in [-0.1, -0.05) is 0 Å². The van der Waals surface area contributed by atoms with Gasteiger partial charge in [0.1, 0.15) is 5.75 Å². The smallest absolute Gasteiger partial charge is 0.119 e. The molecule has 1 aromatic heterocycles. The van der Waals surface area contributed by atoms with Crippen LogP contribution in [0.2, 0.25) is 0 Å². The van der Waals surface area contributed by atoms with Crippen LogP contribution in [0.25, 0.3) is 22.2 Å². The molecule has 19 heavy (non-hydrogen) atoms. The summed E-state index contributed by atoms with van der Waals surface area (Å²) in [5, 5.41) is 8.41. The highest BCUT2D eigenvalue weighted by Gasteiger charge is 2.08. The molecule has 4 heteroatoms. The second-order valence-corrected chi connectivity index (χ2v) is 4.33. The van der Waals surface area contributed by atoms with Crippen molar-refractivity contribution in [1.82, 2.24) is 10.2 Å². The van der Waals surface area contributed by atoms with Gasteiger partial charge in [-0.05, 0) is 49.4 Å². The van der Waals surface area contributed by atoms with Crippen LogP contribution in [0.3, 0.4) is 0 Å². The van der Waals surface area contributed by atoms with Crippen LogP contribution >= 0.6 is 0 Å². The molecule has 0 saturated heterocycles. The molecule has 0 saturated carbocycles. The molecule has 0 spiro atoms. The number of nitrogens with one attached hydrogen (secondary N) is 1. The van der Waals surface area contributed by atoms with E-state index in [1.807, 2.05) is 49.4 Å². The topological polar surface area (TPSA) is 63.9 Å². The van der Waals surface area contributed by atoms with Gasteiger partial charge in [0, 0.05) is 16.6 Å². The fourth-order valence-corrected chi connectivity index (χ4v) is 2.13. The molecule has 3 rings (SSSR count). The normalized spacial score (nSPS) is 10.8. The summed E-state index contributed by atoms with van der Waals surface area (Å²) >= 11 is 0. The molecule has 0 amide bonds. The third-order valence-electron chi connectivity index (χ3n) is 3.03. The molecule has 0 aliphatic carbocycles. The second kappa shape index (κ2) is 4.65. The Morgan fingerprint density at radius 3 is 2.68 bits per heavy atom. The molecule has 2 aromatic carbocycles. The largest absolute Gasteiger partial charge is 0.494 e. The number of H-pyrrole nitrogens is 1. The molecular weight excluding hydrogens is 238 g/mol. The van der Waals surface area contributed by atoms with Gasteiger partial charge < -0.3 is 10.5 Å². The maximum absolute atomic E-state index is 5.83. The van der Waals surface area contributed by atoms with Crippen LogP contribution < -0.4 is 10.5 Å². The molecule has 4 nitrogen and oxygen atoms in total. The molecule has 0 atom stereocenters. The standard InChI is InChI=1S/C15H15N3O/c1-2-19-12-6-3-10(4-7-12)15-13-9-11(16)5-8-14(13)17-18-15/h3-9H,2,16H2,1H3,(H,17,18). The van der Waals surface area contributed by atoms with Gasteiger partial charge in [-0.3, -0.25) is 5.10 Å². The fraction of sp³-hybridized carbons (Fsp3) is 0.133. The van der Waals surface area contributed by atoms with Crippen molar-refractivity contribution >= 4 is 16.6 Å². The van der Waals surface area contributed by atoms with Gasteiger partial charge in [-0.15, -0.1) is 0 Å². The predicted octanol–water partition coefficient (Wildman–Crippen LogP) is 3.21. The third kappa shape index (κ3) is 2.12. The van der Waals surface area contributed by atoms with Crippen LogP contribution in [-0.4, -0.2) is 16.8 Å². The van der Waals surface area contributed by atoms with Gasteiger partial charge >= 0.3 is 0 Å². The first-order valence-corrected chi connectivity index (χ1v) is 6.25. The second-order valence-electron chi connectivity index (χ2n) is 4.33. The molecule has 1 heterocycles. The number of aromatic amines is 1. The summed E-state index contributed by atoms with van der Waals surface area (Å²) in [4.78, 5) is 0. The number of benzene rings is 2. The summed E-state index contributed by atoms with van der Waals surface area (Å²) in [6.07, 6.45) is 0. The average molecular weight is 253 g/mol. The number of ether oxygens (including phenoxy) is 1. The van der Waals surface area contributed by atoms with Crippen LogP contribution in [0.1, 0.15) is 6.92 Å². The van der Waals surface area contributed by atoms with E-state index in [2.05, 4.69) is 10.2 Å². The fourth-order valence-electron chi connectivity index (χ4n) is 2.13. The van der Waals surface area contributed by atoms with Gasteiger partial charge in [0.15, 0.2) is 0 Å². The first kappa shape index (κ1) is 11.6. The van der Waals surface area contributed by atoms with Crippen LogP contribution in [-0.2, 0) is 0 Å². The summed E-state index contributed by atoms with van der Waals surface area (Å²) < 4.78 is 5.44. The monoisotopic (exact) mass is 253 g/mol. The SMILES string of the molecule is CCOc1ccc(-c2n[nH]c3ccc(N)cc23)cc1. The molecule has 3 N–H and O–H groups in total. The third-order valence-corrected chi connectivity index (χ3v) is 3.03. The van der Waals surface area contributed by atoms with E-state index >= 15 is 0 Å². The lowest BCUT2D eigenvalue weighted by Gasteiger charge is -2.03. The maximum atomic E-state index is 5.83. The van der Waals surface area contributed by atoms with E-state index in [-0.39, 0.29) is 0 Å². The Hall–Kier alpha value is -2.49. The summed E-state index contributed by atoms with van der Waals surface area (Å²) in [7, 11) is 0. The van der Waals surface area contributed by atoms with Gasteiger partial charge in [0.2, 0.25) is 0 Å². The van der Waals surface area contributed by atoms with Gasteiger partial charge in [0.05, 0.1) is 17.8 Å². The minimum atomic E-state index is 0.668. The molecule has 0 aliphatic rings. The number of fused-ring (bicyclic) bond motifs is 1. The Bertz CT molecular complexity index is 701. The number of hydrogen-bond acceptors (Lipinski definition) is 3. The first-order valence-electron chi connectivity index (χ1n) is 6.25. The quantitative estimate of drug-likeness (QED) is 0.704. The van der Waals surface area contributed by atoms with Gasteiger partial charge in [0.25, 0.3) is 0 Å². The van der Waals surface area contributed by atoms with E-state index in [0.29, 0.717) is 6.61 Å². The zero-order chi connectivity index (χ0) is 13.2. The predicted molar refractivity (Wildman–Crippen MR) is 77.1 cm³/mol. The zero-order valence-electron chi connectivity index (χ0n) is 10.7. The molecule has 0 fully saturated rings. The molecular formula is C15H15N3O. The zero-order valence-corrected chi connectivity index (χ0v) is 10.7. The van der Waals surface area contributed by atoms with E-state index in [0.717, 1.165) is 33.6 Å². The number of aromatic nitrogens is 2. The van der Waals surface area contributed by atoms with E-state index in [1.54, 1.807) is 0 Å². The van der Waals surface area contributed by atoms with Crippen molar-refractivity contribution in [3.63, 3.8) is 0 Å². The van der Waals surface area contributed by atoms with Crippen LogP contribution in [0.15, 0.2) is 42.5 Å². The lowest BCUT2D eigenvalue weighted by molar-refractivity contribution is 0.340. The molecule has 0 radical (unpaired) electrons. The number of anilines is 1. The Labute approximate surface area is 111 Å². The van der Waals surface area contributed by atoms with Crippen molar-refractivity contribution in [2.75, 3.05) is 12.3 Å². The Kier molecular flexibility index (Phi) is 2.83. The van der Waals surface area contributed by atoms with Gasteiger partial charge in [-0.2, -0.15) is 5.10 Å². The van der Waals surface area contributed by atoms with Crippen molar-refractivity contribution < 1.29 is 4.74 Å². The van der Waals surface area contributed by atoms with Crippen LogP contribution in [0.5, 0.6) is 5.75 Å². The maximum Gasteiger partial charge on any atom is 0.119 e. The molecule has 0 aliphatic heterocycles. The minimum absolute atomic E-state index is 0.668. The molecule has 0 unspecified atom stereocenters. The Morgan fingerprint density at radius 1 is 1.16 bits per heavy atom. The number of nitrogens with zero attached hydrogens (tertiary/aromatic N) is 1. The van der Waals surface area contributed by atoms with E-state index in [1.165, 1.54) is 0 Å². The number of nitrogen functional groups attached to an aromatic ring is 1. The average Bonchev–Trinajstić information content (AvgIpc) is 2.83. The summed E-state index contributed by atoms with van der Waals surface area (Å²) in [6.45, 7) is 2.64. The van der Waals surface area contributed by atoms with E-state index < -0.39 is 0 Å². The van der Waals surface area contributed by atoms with Crippen molar-refractivity contribution in [2.45, 2.75) is 6.92 Å². The highest BCUT2D eigenvalue weighted by Crippen LogP contribution is 2.28. The number of nitrogens with two attached hydrogens (primary N) is 1. The summed E-state index contributed by atoms with van der Waals surface area (Å²) in [6, 6.07) is 13.6. The molecule has 96 valence electrons. The molecule has 3 aromatic rings. The highest BCUT2D eigenvalue weighted by atomic mass is 16.5. The van der Waals surface area contributed by atoms with Crippen molar-refractivity contribution in [3.05, 3.63) is 42.5 Å². The Balaban J connectivity index is 2.06. The molecule has 0 bridgehead atoms. The van der Waals surface area contributed by atoms with E-state index in [4.69, 9.17) is 10.5 Å². The number of rotatable bonds is 3. The lowest BCUT2D eigenvalue weighted by atomic mass is 10.1. The Morgan fingerprint density at radius 2 is 1.95 bits per heavy atom. The van der Waals surface area contributed by atoms with E-state index in [9.17, 15) is 0 Å². The number of hydrogen-bond donors (Lipinski definition) is 2. The van der Waals surface area contributed by atoms with Crippen molar-refractivity contribution in [2.24, 2.45) is 0 Å². The lowest BCUT2D eigenvalue weighted by Crippen LogP contribution is -1.90. The van der Waals surface area contributed by atoms with Crippen molar-refractivity contribution in [1.29, 1.82) is 0 Å². The first-order chi connectivity index (χ1) is 9.28. The highest BCUT2D eigenvalue weighted by molar-refractivity contribution is 5.94. The van der Waals surface area contributed by atoms with Gasteiger partial charge in [-0.25, -0.2) is 0 Å².